The molecule has 10 heteroatoms. The van der Waals surface area contributed by atoms with Gasteiger partial charge in [0.25, 0.3) is 0 Å². The summed E-state index contributed by atoms with van der Waals surface area (Å²) in [4.78, 5) is 27.3. The summed E-state index contributed by atoms with van der Waals surface area (Å²) in [6.45, 7) is 10.8. The molecule has 0 unspecified atom stereocenters. The number of amides is 1. The molecule has 1 heterocycles. The molecule has 3 rings (SSSR count). The number of aryl methyl sites for hydroxylation is 2. The minimum absolute atomic E-state index is 0.0213. The quantitative estimate of drug-likeness (QED) is 0.442. The van der Waals surface area contributed by atoms with Crippen molar-refractivity contribution in [2.45, 2.75) is 76.8 Å². The van der Waals surface area contributed by atoms with Gasteiger partial charge in [0.1, 0.15) is 17.1 Å². The highest BCUT2D eigenvalue weighted by atomic mass is 32.2. The van der Waals surface area contributed by atoms with E-state index in [1.807, 2.05) is 45.0 Å². The lowest BCUT2D eigenvalue weighted by Gasteiger charge is -2.34. The highest BCUT2D eigenvalue weighted by molar-refractivity contribution is 7.89. The summed E-state index contributed by atoms with van der Waals surface area (Å²) in [5.41, 5.74) is 2.67. The molecule has 0 radical (unpaired) electrons. The average molecular weight is 574 g/mol. The van der Waals surface area contributed by atoms with Crippen molar-refractivity contribution in [2.24, 2.45) is 0 Å². The maximum atomic E-state index is 13.2. The zero-order valence-corrected chi connectivity index (χ0v) is 25.6. The van der Waals surface area contributed by atoms with Gasteiger partial charge in [-0.15, -0.1) is 0 Å². The second kappa shape index (κ2) is 13.0. The maximum absolute atomic E-state index is 13.2. The van der Waals surface area contributed by atoms with Crippen LogP contribution in [0.5, 0.6) is 5.75 Å². The number of hydrogen-bond acceptors (Lipinski definition) is 7. The topological polar surface area (TPSA) is 105 Å². The predicted molar refractivity (Wildman–Crippen MR) is 157 cm³/mol. The van der Waals surface area contributed by atoms with Crippen molar-refractivity contribution in [2.75, 3.05) is 38.7 Å². The van der Waals surface area contributed by atoms with Gasteiger partial charge in [0, 0.05) is 51.3 Å². The second-order valence-corrected chi connectivity index (χ2v) is 13.4. The Kier molecular flexibility index (Phi) is 10.2. The lowest BCUT2D eigenvalue weighted by molar-refractivity contribution is -0.118. The Balaban J connectivity index is 1.49. The van der Waals surface area contributed by atoms with Crippen LogP contribution in [-0.4, -0.2) is 70.0 Å². The molecule has 1 aliphatic rings. The van der Waals surface area contributed by atoms with Gasteiger partial charge in [0.05, 0.1) is 12.0 Å². The van der Waals surface area contributed by atoms with Gasteiger partial charge in [-0.2, -0.15) is 0 Å². The molecule has 0 spiro atoms. The van der Waals surface area contributed by atoms with Crippen LogP contribution in [0.3, 0.4) is 0 Å². The molecule has 2 aromatic carbocycles. The summed E-state index contributed by atoms with van der Waals surface area (Å²) in [5.74, 6) is 0.587. The number of carbonyl (C=O) groups excluding carboxylic acids is 2. The van der Waals surface area contributed by atoms with Gasteiger partial charge in [-0.05, 0) is 88.4 Å². The molecule has 220 valence electrons. The Morgan fingerprint density at radius 1 is 1.05 bits per heavy atom. The molecule has 0 saturated carbocycles. The Morgan fingerprint density at radius 2 is 1.62 bits per heavy atom. The number of nitrogens with one attached hydrogen (secondary N) is 1. The van der Waals surface area contributed by atoms with E-state index in [2.05, 4.69) is 10.2 Å². The van der Waals surface area contributed by atoms with Crippen LogP contribution < -0.4 is 15.0 Å². The number of carbonyl (C=O) groups is 2. The highest BCUT2D eigenvalue weighted by Crippen LogP contribution is 2.28. The lowest BCUT2D eigenvalue weighted by atomic mass is 10.0. The second-order valence-electron chi connectivity index (χ2n) is 11.5. The van der Waals surface area contributed by atoms with Gasteiger partial charge in [0.15, 0.2) is 0 Å². The average Bonchev–Trinajstić information content (AvgIpc) is 2.86. The van der Waals surface area contributed by atoms with E-state index in [4.69, 9.17) is 9.47 Å². The van der Waals surface area contributed by atoms with Crippen LogP contribution in [0.2, 0.25) is 0 Å². The molecule has 1 amide bonds. The summed E-state index contributed by atoms with van der Waals surface area (Å²) in [5, 5.41) is 2.95. The number of alkyl carbamates (subject to hydrolysis) is 1. The van der Waals surface area contributed by atoms with Crippen LogP contribution in [0.25, 0.3) is 0 Å². The van der Waals surface area contributed by atoms with Crippen LogP contribution in [0.4, 0.5) is 10.5 Å². The molecule has 1 saturated heterocycles. The van der Waals surface area contributed by atoms with Crippen LogP contribution in [0, 0.1) is 13.8 Å². The standard InChI is InChI=1S/C30H43N3O6S/c1-21-18-27(38-7)19-22(2)28(21)40(36,37)32(6)15-14-26(34)20-23-8-10-25(11-9-23)33-16-12-24(13-17-33)31-29(35)39-30(3,4)5/h8-11,18-19,24H,12-17,20H2,1-7H3,(H,31,35). The zero-order valence-electron chi connectivity index (χ0n) is 24.7. The molecular weight excluding hydrogens is 530 g/mol. The number of ether oxygens (including phenoxy) is 2. The number of Topliss-reactive ketones (excluding diaryl/α,β-unsaturated/α-hetero) is 1. The predicted octanol–water partition coefficient (Wildman–Crippen LogP) is 4.63. The molecule has 40 heavy (non-hydrogen) atoms. The summed E-state index contributed by atoms with van der Waals surface area (Å²) in [6, 6.07) is 11.4. The molecule has 9 nitrogen and oxygen atoms in total. The third-order valence-corrected chi connectivity index (χ3v) is 9.13. The molecular formula is C30H43N3O6S. The van der Waals surface area contributed by atoms with E-state index in [0.29, 0.717) is 16.9 Å². The van der Waals surface area contributed by atoms with E-state index in [0.717, 1.165) is 37.2 Å². The first-order valence-electron chi connectivity index (χ1n) is 13.7. The van der Waals surface area contributed by atoms with Gasteiger partial charge in [-0.3, -0.25) is 4.79 Å². The van der Waals surface area contributed by atoms with E-state index in [9.17, 15) is 18.0 Å². The van der Waals surface area contributed by atoms with Gasteiger partial charge >= 0.3 is 6.09 Å². The number of ketones is 1. The van der Waals surface area contributed by atoms with Crippen molar-refractivity contribution in [3.05, 3.63) is 53.1 Å². The highest BCUT2D eigenvalue weighted by Gasteiger charge is 2.26. The minimum atomic E-state index is -3.74. The Bertz CT molecular complexity index is 1270. The molecule has 2 aromatic rings. The van der Waals surface area contributed by atoms with Crippen LogP contribution in [0.15, 0.2) is 41.3 Å². The summed E-state index contributed by atoms with van der Waals surface area (Å²) < 4.78 is 38.2. The number of methoxy groups -OCH3 is 1. The van der Waals surface area contributed by atoms with Crippen LogP contribution in [-0.2, 0) is 26.0 Å². The van der Waals surface area contributed by atoms with Crippen molar-refractivity contribution in [1.29, 1.82) is 0 Å². The number of anilines is 1. The Hall–Kier alpha value is -3.11. The first-order chi connectivity index (χ1) is 18.7. The van der Waals surface area contributed by atoms with Crippen LogP contribution in [0.1, 0.15) is 56.7 Å². The van der Waals surface area contributed by atoms with E-state index in [-0.39, 0.29) is 42.2 Å². The van der Waals surface area contributed by atoms with Crippen molar-refractivity contribution < 1.29 is 27.5 Å². The van der Waals surface area contributed by atoms with Crippen LogP contribution >= 0.6 is 0 Å². The van der Waals surface area contributed by atoms with E-state index >= 15 is 0 Å². The van der Waals surface area contributed by atoms with Gasteiger partial charge < -0.3 is 19.7 Å². The monoisotopic (exact) mass is 573 g/mol. The number of nitrogens with zero attached hydrogens (tertiary/aromatic N) is 2. The minimum Gasteiger partial charge on any atom is -0.497 e. The normalized spacial score (nSPS) is 14.8. The third kappa shape index (κ3) is 8.44. The van der Waals surface area contributed by atoms with Crippen molar-refractivity contribution in [1.82, 2.24) is 9.62 Å². The SMILES string of the molecule is COc1cc(C)c(S(=O)(=O)N(C)CCC(=O)Cc2ccc(N3CCC(NC(=O)OC(C)(C)C)CC3)cc2)c(C)c1. The molecule has 0 aliphatic carbocycles. The smallest absolute Gasteiger partial charge is 0.407 e. The number of piperidine rings is 1. The summed E-state index contributed by atoms with van der Waals surface area (Å²) in [7, 11) is -0.688. The van der Waals surface area contributed by atoms with Crippen molar-refractivity contribution >= 4 is 27.6 Å². The lowest BCUT2D eigenvalue weighted by Crippen LogP contribution is -2.46. The first kappa shape index (κ1) is 31.4. The van der Waals surface area contributed by atoms with Crippen molar-refractivity contribution in [3.63, 3.8) is 0 Å². The van der Waals surface area contributed by atoms with Gasteiger partial charge in [0.2, 0.25) is 10.0 Å². The number of rotatable bonds is 10. The van der Waals surface area contributed by atoms with Gasteiger partial charge in [-0.1, -0.05) is 12.1 Å². The molecule has 0 aromatic heterocycles. The fraction of sp³-hybridized carbons (Fsp3) is 0.533. The number of sulfonamides is 1. The number of benzene rings is 2. The van der Waals surface area contributed by atoms with E-state index in [1.165, 1.54) is 11.4 Å². The molecule has 1 N–H and O–H groups in total. The summed E-state index contributed by atoms with van der Waals surface area (Å²) >= 11 is 0. The number of hydrogen-bond donors (Lipinski definition) is 1. The third-order valence-electron chi connectivity index (χ3n) is 6.96. The largest absolute Gasteiger partial charge is 0.497 e. The first-order valence-corrected chi connectivity index (χ1v) is 15.1. The van der Waals surface area contributed by atoms with E-state index in [1.54, 1.807) is 33.1 Å². The van der Waals surface area contributed by atoms with E-state index < -0.39 is 15.6 Å². The maximum Gasteiger partial charge on any atom is 0.407 e. The zero-order chi connectivity index (χ0) is 29.7. The molecule has 1 aliphatic heterocycles. The summed E-state index contributed by atoms with van der Waals surface area (Å²) in [6.07, 6.45) is 1.65. The van der Waals surface area contributed by atoms with Crippen molar-refractivity contribution in [3.8, 4) is 5.75 Å². The fourth-order valence-corrected chi connectivity index (χ4v) is 6.47. The fourth-order valence-electron chi connectivity index (χ4n) is 4.89. The Labute approximate surface area is 238 Å². The molecule has 1 fully saturated rings. The van der Waals surface area contributed by atoms with Gasteiger partial charge in [-0.25, -0.2) is 17.5 Å². The Morgan fingerprint density at radius 3 is 2.15 bits per heavy atom. The molecule has 0 bridgehead atoms. The molecule has 0 atom stereocenters.